The third-order valence-corrected chi connectivity index (χ3v) is 3.74. The molecule has 0 saturated heterocycles. The molecule has 0 fully saturated rings. The lowest BCUT2D eigenvalue weighted by Crippen LogP contribution is -1.97. The van der Waals surface area contributed by atoms with Crippen LogP contribution in [-0.4, -0.2) is 23.7 Å². The van der Waals surface area contributed by atoms with Gasteiger partial charge in [-0.1, -0.05) is 39.0 Å². The number of aromatic nitrogens is 2. The summed E-state index contributed by atoms with van der Waals surface area (Å²) >= 11 is 0. The zero-order valence-electron chi connectivity index (χ0n) is 15.3. The standard InChI is InChI=1S/C19H26N2O2.C2H2/c1-3-4-5-6-7-8-13-23-17-11-9-16(10-12-17)19-20-14-18(22-2)15-21-19;1-2/h9-12,14-15H,3-8,13H2,1-2H3;1-2H. The topological polar surface area (TPSA) is 44.2 Å². The molecule has 0 aliphatic carbocycles. The van der Waals surface area contributed by atoms with Crippen molar-refractivity contribution in [2.24, 2.45) is 0 Å². The number of rotatable bonds is 10. The molecule has 0 unspecified atom stereocenters. The Bertz CT molecular complexity index is 592. The molecule has 1 aromatic heterocycles. The smallest absolute Gasteiger partial charge is 0.159 e. The van der Waals surface area contributed by atoms with Crippen LogP contribution in [0.2, 0.25) is 0 Å². The Morgan fingerprint density at radius 2 is 1.44 bits per heavy atom. The van der Waals surface area contributed by atoms with Crippen molar-refractivity contribution in [2.75, 3.05) is 13.7 Å². The Kier molecular flexibility index (Phi) is 10.5. The monoisotopic (exact) mass is 340 g/mol. The van der Waals surface area contributed by atoms with Crippen LogP contribution in [0.1, 0.15) is 45.4 Å². The molecule has 4 nitrogen and oxygen atoms in total. The Labute approximate surface area is 151 Å². The molecule has 4 heteroatoms. The summed E-state index contributed by atoms with van der Waals surface area (Å²) in [6, 6.07) is 7.91. The predicted octanol–water partition coefficient (Wildman–Crippen LogP) is 5.14. The van der Waals surface area contributed by atoms with Crippen LogP contribution in [0.4, 0.5) is 0 Å². The summed E-state index contributed by atoms with van der Waals surface area (Å²) in [5.74, 6) is 2.25. The highest BCUT2D eigenvalue weighted by molar-refractivity contribution is 5.56. The number of methoxy groups -OCH3 is 1. The van der Waals surface area contributed by atoms with E-state index in [9.17, 15) is 0 Å². The summed E-state index contributed by atoms with van der Waals surface area (Å²) < 4.78 is 10.8. The van der Waals surface area contributed by atoms with Gasteiger partial charge in [0.1, 0.15) is 5.75 Å². The lowest BCUT2D eigenvalue weighted by atomic mass is 10.1. The summed E-state index contributed by atoms with van der Waals surface area (Å²) in [6.07, 6.45) is 19.0. The predicted molar refractivity (Wildman–Crippen MR) is 103 cm³/mol. The number of unbranched alkanes of at least 4 members (excludes halogenated alkanes) is 5. The minimum Gasteiger partial charge on any atom is -0.494 e. The average molecular weight is 340 g/mol. The van der Waals surface area contributed by atoms with Gasteiger partial charge in [0.05, 0.1) is 26.1 Å². The van der Waals surface area contributed by atoms with Crippen molar-refractivity contribution in [2.45, 2.75) is 45.4 Å². The minimum absolute atomic E-state index is 0.660. The Hall–Kier alpha value is -2.54. The van der Waals surface area contributed by atoms with Crippen molar-refractivity contribution in [3.05, 3.63) is 36.7 Å². The Morgan fingerprint density at radius 3 is 2.04 bits per heavy atom. The van der Waals surface area contributed by atoms with E-state index in [1.54, 1.807) is 19.5 Å². The molecule has 2 rings (SSSR count). The maximum Gasteiger partial charge on any atom is 0.159 e. The van der Waals surface area contributed by atoms with Crippen LogP contribution in [0.3, 0.4) is 0 Å². The van der Waals surface area contributed by atoms with Gasteiger partial charge in [-0.15, -0.1) is 12.8 Å². The van der Waals surface area contributed by atoms with E-state index < -0.39 is 0 Å². The van der Waals surface area contributed by atoms with E-state index in [0.717, 1.165) is 24.3 Å². The molecular weight excluding hydrogens is 312 g/mol. The molecule has 0 N–H and O–H groups in total. The van der Waals surface area contributed by atoms with Crippen LogP contribution in [0.15, 0.2) is 36.7 Å². The van der Waals surface area contributed by atoms with Gasteiger partial charge in [0.2, 0.25) is 0 Å². The highest BCUT2D eigenvalue weighted by Crippen LogP contribution is 2.20. The van der Waals surface area contributed by atoms with Crippen molar-refractivity contribution in [1.82, 2.24) is 9.97 Å². The first-order chi connectivity index (χ1) is 12.3. The zero-order valence-corrected chi connectivity index (χ0v) is 15.3. The number of terminal acetylenes is 1. The number of hydrogen-bond acceptors (Lipinski definition) is 4. The van der Waals surface area contributed by atoms with Gasteiger partial charge in [-0.05, 0) is 30.7 Å². The third kappa shape index (κ3) is 7.71. The second-order valence-electron chi connectivity index (χ2n) is 5.59. The van der Waals surface area contributed by atoms with Gasteiger partial charge >= 0.3 is 0 Å². The van der Waals surface area contributed by atoms with Gasteiger partial charge in [-0.25, -0.2) is 9.97 Å². The first-order valence-electron chi connectivity index (χ1n) is 8.76. The van der Waals surface area contributed by atoms with Gasteiger partial charge in [-0.3, -0.25) is 0 Å². The van der Waals surface area contributed by atoms with E-state index in [-0.39, 0.29) is 0 Å². The van der Waals surface area contributed by atoms with Crippen molar-refractivity contribution >= 4 is 0 Å². The van der Waals surface area contributed by atoms with Crippen LogP contribution >= 0.6 is 0 Å². The quantitative estimate of drug-likeness (QED) is 0.444. The third-order valence-electron chi connectivity index (χ3n) is 3.74. The number of hydrogen-bond donors (Lipinski definition) is 0. The maximum atomic E-state index is 5.78. The summed E-state index contributed by atoms with van der Waals surface area (Å²) in [5, 5.41) is 0. The lowest BCUT2D eigenvalue weighted by Gasteiger charge is -2.07. The van der Waals surface area contributed by atoms with Gasteiger partial charge in [-0.2, -0.15) is 0 Å². The normalized spacial score (nSPS) is 9.76. The van der Waals surface area contributed by atoms with Crippen LogP contribution < -0.4 is 9.47 Å². The molecule has 2 aromatic rings. The lowest BCUT2D eigenvalue weighted by molar-refractivity contribution is 0.304. The fraction of sp³-hybridized carbons (Fsp3) is 0.429. The van der Waals surface area contributed by atoms with Crippen molar-refractivity contribution in [3.8, 4) is 35.7 Å². The maximum absolute atomic E-state index is 5.78. The van der Waals surface area contributed by atoms with Gasteiger partial charge < -0.3 is 9.47 Å². The van der Waals surface area contributed by atoms with Crippen LogP contribution in [0.5, 0.6) is 11.5 Å². The molecule has 1 aromatic carbocycles. The molecule has 0 aliphatic heterocycles. The molecule has 0 spiro atoms. The first kappa shape index (κ1) is 20.5. The van der Waals surface area contributed by atoms with Crippen LogP contribution in [0.25, 0.3) is 11.4 Å². The van der Waals surface area contributed by atoms with E-state index >= 15 is 0 Å². The van der Waals surface area contributed by atoms with Gasteiger partial charge in [0, 0.05) is 5.56 Å². The van der Waals surface area contributed by atoms with E-state index in [1.807, 2.05) is 24.3 Å². The number of benzene rings is 1. The molecule has 1 heterocycles. The average Bonchev–Trinajstić information content (AvgIpc) is 2.69. The molecule has 0 bridgehead atoms. The Morgan fingerprint density at radius 1 is 0.840 bits per heavy atom. The second kappa shape index (κ2) is 12.8. The van der Waals surface area contributed by atoms with Gasteiger partial charge in [0.15, 0.2) is 11.6 Å². The van der Waals surface area contributed by atoms with E-state index in [0.29, 0.717) is 11.6 Å². The zero-order chi connectivity index (χ0) is 18.3. The molecule has 0 amide bonds. The summed E-state index contributed by atoms with van der Waals surface area (Å²) in [5.41, 5.74) is 0.972. The van der Waals surface area contributed by atoms with Crippen molar-refractivity contribution in [1.29, 1.82) is 0 Å². The highest BCUT2D eigenvalue weighted by Gasteiger charge is 2.02. The Balaban J connectivity index is 0.00000151. The molecule has 25 heavy (non-hydrogen) atoms. The summed E-state index contributed by atoms with van der Waals surface area (Å²) in [4.78, 5) is 8.57. The molecule has 0 aliphatic rings. The molecule has 0 atom stereocenters. The largest absolute Gasteiger partial charge is 0.494 e. The fourth-order valence-corrected chi connectivity index (χ4v) is 2.34. The SMILES string of the molecule is C#C.CCCCCCCCOc1ccc(-c2ncc(OC)cn2)cc1. The van der Waals surface area contributed by atoms with Crippen molar-refractivity contribution < 1.29 is 9.47 Å². The molecule has 0 saturated carbocycles. The molecule has 0 radical (unpaired) electrons. The molecule has 134 valence electrons. The van der Waals surface area contributed by atoms with E-state index in [2.05, 4.69) is 29.7 Å². The van der Waals surface area contributed by atoms with E-state index in [1.165, 1.54) is 32.1 Å². The van der Waals surface area contributed by atoms with E-state index in [4.69, 9.17) is 9.47 Å². The minimum atomic E-state index is 0.660. The summed E-state index contributed by atoms with van der Waals surface area (Å²) in [7, 11) is 1.61. The fourth-order valence-electron chi connectivity index (χ4n) is 2.34. The second-order valence-corrected chi connectivity index (χ2v) is 5.59. The van der Waals surface area contributed by atoms with Gasteiger partial charge in [0.25, 0.3) is 0 Å². The first-order valence-corrected chi connectivity index (χ1v) is 8.76. The molecular formula is C21H28N2O2. The summed E-state index contributed by atoms with van der Waals surface area (Å²) in [6.45, 7) is 3.02. The van der Waals surface area contributed by atoms with Crippen LogP contribution in [0, 0.1) is 12.8 Å². The number of ether oxygens (including phenoxy) is 2. The number of nitrogens with zero attached hydrogens (tertiary/aromatic N) is 2. The van der Waals surface area contributed by atoms with Crippen LogP contribution in [-0.2, 0) is 0 Å². The highest BCUT2D eigenvalue weighted by atomic mass is 16.5. The van der Waals surface area contributed by atoms with Crippen molar-refractivity contribution in [3.63, 3.8) is 0 Å².